The molecule has 0 unspecified atom stereocenters. The van der Waals surface area contributed by atoms with E-state index in [2.05, 4.69) is 30.6 Å². The lowest BCUT2D eigenvalue weighted by atomic mass is 10.2. The molecule has 8 heteroatoms. The van der Waals surface area contributed by atoms with Gasteiger partial charge in [0, 0.05) is 30.0 Å². The smallest absolute Gasteiger partial charge is 0.227 e. The van der Waals surface area contributed by atoms with Crippen LogP contribution in [0.3, 0.4) is 0 Å². The lowest BCUT2D eigenvalue weighted by Gasteiger charge is -2.16. The number of carbonyl (C=O) groups excluding carboxylic acids is 1. The molecule has 1 fully saturated rings. The summed E-state index contributed by atoms with van der Waals surface area (Å²) in [5, 5.41) is 6.53. The van der Waals surface area contributed by atoms with Gasteiger partial charge in [0.15, 0.2) is 5.82 Å². The molecule has 31 heavy (non-hydrogen) atoms. The second-order valence-corrected chi connectivity index (χ2v) is 7.47. The highest BCUT2D eigenvalue weighted by atomic mass is 16.2. The van der Waals surface area contributed by atoms with Gasteiger partial charge in [-0.25, -0.2) is 19.9 Å². The summed E-state index contributed by atoms with van der Waals surface area (Å²) in [5.74, 6) is 1.23. The van der Waals surface area contributed by atoms with Crippen molar-refractivity contribution in [2.24, 2.45) is 0 Å². The lowest BCUT2D eigenvalue weighted by molar-refractivity contribution is -0.117. The molecule has 5 rings (SSSR count). The maximum Gasteiger partial charge on any atom is 0.227 e. The Bertz CT molecular complexity index is 1260. The molecule has 0 radical (unpaired) electrons. The zero-order chi connectivity index (χ0) is 21.2. The molecule has 1 saturated heterocycles. The van der Waals surface area contributed by atoms with Crippen LogP contribution in [-0.2, 0) is 4.79 Å². The van der Waals surface area contributed by atoms with E-state index in [1.54, 1.807) is 6.20 Å². The van der Waals surface area contributed by atoms with E-state index in [1.807, 2.05) is 60.4 Å². The van der Waals surface area contributed by atoms with E-state index in [0.29, 0.717) is 29.2 Å². The predicted octanol–water partition coefficient (Wildman–Crippen LogP) is 4.34. The summed E-state index contributed by atoms with van der Waals surface area (Å²) in [6.07, 6.45) is 4.69. The van der Waals surface area contributed by atoms with Gasteiger partial charge in [0.25, 0.3) is 0 Å². The van der Waals surface area contributed by atoms with Gasteiger partial charge in [0.05, 0.1) is 6.20 Å². The van der Waals surface area contributed by atoms with Crippen molar-refractivity contribution in [2.75, 3.05) is 22.1 Å². The van der Waals surface area contributed by atoms with Crippen LogP contribution >= 0.6 is 0 Å². The van der Waals surface area contributed by atoms with Crippen LogP contribution in [0.2, 0.25) is 0 Å². The van der Waals surface area contributed by atoms with Crippen molar-refractivity contribution in [1.82, 2.24) is 19.9 Å². The van der Waals surface area contributed by atoms with Crippen LogP contribution in [0.5, 0.6) is 0 Å². The number of fused-ring (bicyclic) bond motifs is 1. The Balaban J connectivity index is 1.39. The maximum absolute atomic E-state index is 11.9. The zero-order valence-electron chi connectivity index (χ0n) is 17.0. The Morgan fingerprint density at radius 2 is 1.84 bits per heavy atom. The molecule has 0 aliphatic carbocycles. The molecule has 2 aromatic heterocycles. The van der Waals surface area contributed by atoms with E-state index in [4.69, 9.17) is 0 Å². The standard InChI is InChI=1S/C23H21N7O/c1-15-4-2-5-17(12-15)27-22-21-19(25-14-26-22)13-24-23(29-21)28-16-7-9-18(10-8-16)30-11-3-6-20(30)31/h2,4-5,7-10,12-14H,3,6,11H2,1H3,(H,24,28,29)(H,25,26,27). The van der Waals surface area contributed by atoms with Gasteiger partial charge in [-0.1, -0.05) is 12.1 Å². The molecule has 4 aromatic rings. The third-order valence-corrected chi connectivity index (χ3v) is 5.17. The molecule has 0 saturated carbocycles. The van der Waals surface area contributed by atoms with Gasteiger partial charge in [0.1, 0.15) is 17.4 Å². The normalized spacial score (nSPS) is 13.6. The molecular formula is C23H21N7O. The first-order valence-corrected chi connectivity index (χ1v) is 10.1. The van der Waals surface area contributed by atoms with E-state index < -0.39 is 0 Å². The highest BCUT2D eigenvalue weighted by Crippen LogP contribution is 2.26. The van der Waals surface area contributed by atoms with Gasteiger partial charge < -0.3 is 15.5 Å². The molecule has 2 N–H and O–H groups in total. The number of aromatic nitrogens is 4. The van der Waals surface area contributed by atoms with Crippen molar-refractivity contribution in [3.63, 3.8) is 0 Å². The van der Waals surface area contributed by atoms with Crippen molar-refractivity contribution < 1.29 is 4.79 Å². The Morgan fingerprint density at radius 1 is 0.968 bits per heavy atom. The van der Waals surface area contributed by atoms with Crippen LogP contribution < -0.4 is 15.5 Å². The van der Waals surface area contributed by atoms with Crippen molar-refractivity contribution in [3.8, 4) is 0 Å². The van der Waals surface area contributed by atoms with Gasteiger partial charge in [-0.3, -0.25) is 4.79 Å². The Labute approximate surface area is 179 Å². The maximum atomic E-state index is 11.9. The fraction of sp³-hybridized carbons (Fsp3) is 0.174. The third-order valence-electron chi connectivity index (χ3n) is 5.17. The van der Waals surface area contributed by atoms with Crippen molar-refractivity contribution in [3.05, 3.63) is 66.6 Å². The molecule has 0 bridgehead atoms. The molecule has 8 nitrogen and oxygen atoms in total. The molecule has 0 spiro atoms. The monoisotopic (exact) mass is 411 g/mol. The minimum absolute atomic E-state index is 0.173. The topological polar surface area (TPSA) is 95.9 Å². The molecule has 154 valence electrons. The molecular weight excluding hydrogens is 390 g/mol. The average Bonchev–Trinajstić information content (AvgIpc) is 3.21. The second kappa shape index (κ2) is 7.98. The molecule has 1 amide bonds. The fourth-order valence-corrected chi connectivity index (χ4v) is 3.64. The summed E-state index contributed by atoms with van der Waals surface area (Å²) in [6, 6.07) is 15.8. The van der Waals surface area contributed by atoms with Gasteiger partial charge >= 0.3 is 0 Å². The second-order valence-electron chi connectivity index (χ2n) is 7.47. The van der Waals surface area contributed by atoms with Gasteiger partial charge in [-0.15, -0.1) is 0 Å². The fourth-order valence-electron chi connectivity index (χ4n) is 3.64. The van der Waals surface area contributed by atoms with Gasteiger partial charge in [0.2, 0.25) is 11.9 Å². The summed E-state index contributed by atoms with van der Waals surface area (Å²) in [4.78, 5) is 31.4. The number of nitrogens with one attached hydrogen (secondary N) is 2. The Kier molecular flexibility index (Phi) is 4.87. The number of aryl methyl sites for hydroxylation is 1. The summed E-state index contributed by atoms with van der Waals surface area (Å²) in [7, 11) is 0. The minimum Gasteiger partial charge on any atom is -0.338 e. The van der Waals surface area contributed by atoms with E-state index in [0.717, 1.165) is 35.6 Å². The number of amides is 1. The van der Waals surface area contributed by atoms with Crippen LogP contribution in [0.25, 0.3) is 11.0 Å². The number of nitrogens with zero attached hydrogens (tertiary/aromatic N) is 5. The minimum atomic E-state index is 0.173. The molecule has 1 aliphatic heterocycles. The van der Waals surface area contributed by atoms with Crippen molar-refractivity contribution in [2.45, 2.75) is 19.8 Å². The number of anilines is 5. The summed E-state index contributed by atoms with van der Waals surface area (Å²) >= 11 is 0. The van der Waals surface area contributed by atoms with Gasteiger partial charge in [-0.05, 0) is 55.3 Å². The van der Waals surface area contributed by atoms with Crippen LogP contribution in [-0.4, -0.2) is 32.4 Å². The van der Waals surface area contributed by atoms with Crippen LogP contribution in [0, 0.1) is 6.92 Å². The zero-order valence-corrected chi connectivity index (χ0v) is 17.0. The highest BCUT2D eigenvalue weighted by Gasteiger charge is 2.21. The van der Waals surface area contributed by atoms with Crippen LogP contribution in [0.1, 0.15) is 18.4 Å². The predicted molar refractivity (Wildman–Crippen MR) is 121 cm³/mol. The number of carbonyl (C=O) groups is 1. The SMILES string of the molecule is Cc1cccc(Nc2ncnc3cnc(Nc4ccc(N5CCCC5=O)cc4)nc23)c1. The van der Waals surface area contributed by atoms with E-state index in [1.165, 1.54) is 6.33 Å². The van der Waals surface area contributed by atoms with E-state index in [9.17, 15) is 4.79 Å². The quantitative estimate of drug-likeness (QED) is 0.504. The van der Waals surface area contributed by atoms with E-state index >= 15 is 0 Å². The highest BCUT2D eigenvalue weighted by molar-refractivity contribution is 5.95. The summed E-state index contributed by atoms with van der Waals surface area (Å²) < 4.78 is 0. The van der Waals surface area contributed by atoms with E-state index in [-0.39, 0.29) is 5.91 Å². The first-order valence-electron chi connectivity index (χ1n) is 10.1. The Hall–Kier alpha value is -4.07. The molecule has 2 aromatic carbocycles. The molecule has 3 heterocycles. The lowest BCUT2D eigenvalue weighted by Crippen LogP contribution is -2.23. The first kappa shape index (κ1) is 18.9. The number of hydrogen-bond donors (Lipinski definition) is 2. The third kappa shape index (κ3) is 4.00. The Morgan fingerprint density at radius 3 is 2.61 bits per heavy atom. The van der Waals surface area contributed by atoms with Crippen molar-refractivity contribution >= 4 is 45.8 Å². The average molecular weight is 411 g/mol. The van der Waals surface area contributed by atoms with Crippen molar-refractivity contribution in [1.29, 1.82) is 0 Å². The molecule has 0 atom stereocenters. The van der Waals surface area contributed by atoms with Gasteiger partial charge in [-0.2, -0.15) is 0 Å². The number of hydrogen-bond acceptors (Lipinski definition) is 7. The largest absolute Gasteiger partial charge is 0.338 e. The first-order chi connectivity index (χ1) is 15.2. The summed E-state index contributed by atoms with van der Waals surface area (Å²) in [5.41, 5.74) is 5.10. The van der Waals surface area contributed by atoms with Crippen LogP contribution in [0.15, 0.2) is 61.1 Å². The molecule has 1 aliphatic rings. The number of rotatable bonds is 5. The van der Waals surface area contributed by atoms with Crippen LogP contribution in [0.4, 0.5) is 28.8 Å². The number of benzene rings is 2. The summed E-state index contributed by atoms with van der Waals surface area (Å²) in [6.45, 7) is 2.81.